The largest absolute Gasteiger partial charge is 0.489 e. The van der Waals surface area contributed by atoms with Gasteiger partial charge in [0.1, 0.15) is 10.8 Å². The van der Waals surface area contributed by atoms with Crippen molar-refractivity contribution >= 4 is 63.7 Å². The Hall–Kier alpha value is -2.06. The van der Waals surface area contributed by atoms with Gasteiger partial charge in [0.15, 0.2) is 5.13 Å². The summed E-state index contributed by atoms with van der Waals surface area (Å²) >= 11 is 13.9. The van der Waals surface area contributed by atoms with Crippen molar-refractivity contribution in [1.82, 2.24) is 9.97 Å². The molecule has 1 aliphatic rings. The zero-order valence-electron chi connectivity index (χ0n) is 16.9. The van der Waals surface area contributed by atoms with Gasteiger partial charge in [-0.15, -0.1) is 23.7 Å². The van der Waals surface area contributed by atoms with Gasteiger partial charge in [-0.05, 0) is 55.9 Å². The van der Waals surface area contributed by atoms with Gasteiger partial charge >= 0.3 is 5.97 Å². The standard InChI is InChI=1S/C22H21Cl2N3O3S.ClH/c23-16-3-1-5-19(20(16)24)30-14-6-7-15(21(28)29)13(11-14)12-18-17(4-2-8-25-18)27-22-26-9-10-31-22;/h1-5,8-10,13-15H,6-7,11-12H2,(H,26,27)(H,28,29);1H/t13?,14-,15?;/m0./s1. The molecule has 0 amide bonds. The molecule has 6 nitrogen and oxygen atoms in total. The van der Waals surface area contributed by atoms with Crippen LogP contribution in [0.2, 0.25) is 10.0 Å². The number of benzene rings is 1. The number of carboxylic acid groups (broad SMARTS) is 1. The number of aromatic nitrogens is 2. The Morgan fingerprint density at radius 1 is 1.19 bits per heavy atom. The average Bonchev–Trinajstić information content (AvgIpc) is 3.26. The molecule has 1 fully saturated rings. The minimum atomic E-state index is -0.783. The first-order chi connectivity index (χ1) is 15.0. The monoisotopic (exact) mass is 513 g/mol. The third kappa shape index (κ3) is 5.84. The third-order valence-corrected chi connectivity index (χ3v) is 6.97. The Labute approximate surface area is 206 Å². The number of halogens is 3. The molecular weight excluding hydrogens is 493 g/mol. The second-order valence-corrected chi connectivity index (χ2v) is 9.15. The molecule has 1 saturated carbocycles. The summed E-state index contributed by atoms with van der Waals surface area (Å²) in [6, 6.07) is 9.05. The van der Waals surface area contributed by atoms with E-state index >= 15 is 0 Å². The predicted octanol–water partition coefficient (Wildman–Crippen LogP) is 6.50. The fraction of sp³-hybridized carbons (Fsp3) is 0.318. The van der Waals surface area contributed by atoms with Crippen molar-refractivity contribution in [1.29, 1.82) is 0 Å². The molecule has 0 radical (unpaired) electrons. The summed E-state index contributed by atoms with van der Waals surface area (Å²) in [5.74, 6) is -0.837. The summed E-state index contributed by atoms with van der Waals surface area (Å²) < 4.78 is 6.12. The number of aliphatic carboxylic acids is 1. The number of nitrogens with zero attached hydrogens (tertiary/aromatic N) is 2. The number of anilines is 2. The second kappa shape index (κ2) is 11.2. The Kier molecular flexibility index (Phi) is 8.59. The molecule has 2 unspecified atom stereocenters. The molecule has 10 heteroatoms. The van der Waals surface area contributed by atoms with Gasteiger partial charge < -0.3 is 15.2 Å². The molecule has 2 aromatic heterocycles. The summed E-state index contributed by atoms with van der Waals surface area (Å²) in [7, 11) is 0. The number of rotatable bonds is 7. The molecule has 32 heavy (non-hydrogen) atoms. The van der Waals surface area contributed by atoms with E-state index in [1.165, 1.54) is 11.3 Å². The molecule has 1 aliphatic carbocycles. The van der Waals surface area contributed by atoms with Gasteiger partial charge in [-0.3, -0.25) is 9.78 Å². The zero-order valence-corrected chi connectivity index (χ0v) is 20.1. The number of hydrogen-bond donors (Lipinski definition) is 2. The Bertz CT molecular complexity index is 1050. The van der Waals surface area contributed by atoms with Gasteiger partial charge in [0.05, 0.1) is 28.4 Å². The summed E-state index contributed by atoms with van der Waals surface area (Å²) in [5, 5.41) is 16.5. The molecular formula is C22H22Cl3N3O3S. The lowest BCUT2D eigenvalue weighted by atomic mass is 9.75. The predicted molar refractivity (Wildman–Crippen MR) is 130 cm³/mol. The smallest absolute Gasteiger partial charge is 0.306 e. The van der Waals surface area contributed by atoms with Crippen molar-refractivity contribution in [2.45, 2.75) is 31.8 Å². The first-order valence-electron chi connectivity index (χ1n) is 9.95. The van der Waals surface area contributed by atoms with Crippen LogP contribution in [0.25, 0.3) is 0 Å². The maximum absolute atomic E-state index is 11.9. The lowest BCUT2D eigenvalue weighted by Crippen LogP contribution is -2.36. The van der Waals surface area contributed by atoms with E-state index in [1.807, 2.05) is 17.5 Å². The normalized spacial score (nSPS) is 20.2. The van der Waals surface area contributed by atoms with E-state index in [9.17, 15) is 9.90 Å². The van der Waals surface area contributed by atoms with Gasteiger partial charge in [0.2, 0.25) is 0 Å². The van der Waals surface area contributed by atoms with Crippen LogP contribution in [0.1, 0.15) is 25.0 Å². The van der Waals surface area contributed by atoms with E-state index < -0.39 is 11.9 Å². The molecule has 0 aliphatic heterocycles. The number of carboxylic acids is 1. The Morgan fingerprint density at radius 2 is 2.03 bits per heavy atom. The van der Waals surface area contributed by atoms with Crippen molar-refractivity contribution in [3.63, 3.8) is 0 Å². The quantitative estimate of drug-likeness (QED) is 0.374. The van der Waals surface area contributed by atoms with E-state index in [0.29, 0.717) is 41.5 Å². The molecule has 170 valence electrons. The zero-order chi connectivity index (χ0) is 21.8. The molecule has 2 heterocycles. The molecule has 2 N–H and O–H groups in total. The first-order valence-corrected chi connectivity index (χ1v) is 11.6. The lowest BCUT2D eigenvalue weighted by molar-refractivity contribution is -0.145. The topological polar surface area (TPSA) is 84.3 Å². The molecule has 0 spiro atoms. The van der Waals surface area contributed by atoms with Gasteiger partial charge in [0.25, 0.3) is 0 Å². The van der Waals surface area contributed by atoms with Crippen molar-refractivity contribution in [2.75, 3.05) is 5.32 Å². The highest BCUT2D eigenvalue weighted by Crippen LogP contribution is 2.38. The number of pyridine rings is 1. The van der Waals surface area contributed by atoms with Crippen LogP contribution in [-0.2, 0) is 11.2 Å². The third-order valence-electron chi connectivity index (χ3n) is 5.48. The van der Waals surface area contributed by atoms with Crippen molar-refractivity contribution in [3.8, 4) is 5.75 Å². The lowest BCUT2D eigenvalue weighted by Gasteiger charge is -2.34. The van der Waals surface area contributed by atoms with E-state index in [4.69, 9.17) is 27.9 Å². The maximum Gasteiger partial charge on any atom is 0.306 e. The number of nitrogens with one attached hydrogen (secondary N) is 1. The summed E-state index contributed by atoms with van der Waals surface area (Å²) in [6.07, 6.45) is 5.60. The SMILES string of the molecule is Cl.O=C(O)C1CC[C@H](Oc2cccc(Cl)c2Cl)CC1Cc1ncccc1Nc1nccs1. The number of hydrogen-bond acceptors (Lipinski definition) is 6. The molecule has 0 saturated heterocycles. The number of carbonyl (C=O) groups is 1. The fourth-order valence-electron chi connectivity index (χ4n) is 4.00. The Morgan fingerprint density at radius 3 is 2.78 bits per heavy atom. The van der Waals surface area contributed by atoms with Crippen LogP contribution in [-0.4, -0.2) is 27.1 Å². The maximum atomic E-state index is 11.9. The molecule has 4 rings (SSSR count). The van der Waals surface area contributed by atoms with Crippen LogP contribution in [0.3, 0.4) is 0 Å². The number of thiazole rings is 1. The summed E-state index contributed by atoms with van der Waals surface area (Å²) in [6.45, 7) is 0. The van der Waals surface area contributed by atoms with Crippen molar-refractivity contribution < 1.29 is 14.6 Å². The molecule has 0 bridgehead atoms. The fourth-order valence-corrected chi connectivity index (χ4v) is 4.87. The van der Waals surface area contributed by atoms with Gasteiger partial charge in [0, 0.05) is 17.8 Å². The van der Waals surface area contributed by atoms with Crippen LogP contribution < -0.4 is 10.1 Å². The highest BCUT2D eigenvalue weighted by atomic mass is 35.5. The van der Waals surface area contributed by atoms with Gasteiger partial charge in [-0.2, -0.15) is 0 Å². The van der Waals surface area contributed by atoms with Crippen LogP contribution >= 0.6 is 46.9 Å². The van der Waals surface area contributed by atoms with Crippen LogP contribution in [0.4, 0.5) is 10.8 Å². The van der Waals surface area contributed by atoms with E-state index in [1.54, 1.807) is 30.6 Å². The minimum absolute atomic E-state index is 0. The van der Waals surface area contributed by atoms with Crippen LogP contribution in [0, 0.1) is 11.8 Å². The van der Waals surface area contributed by atoms with Crippen LogP contribution in [0.5, 0.6) is 5.75 Å². The van der Waals surface area contributed by atoms with Gasteiger partial charge in [-0.25, -0.2) is 4.98 Å². The van der Waals surface area contributed by atoms with E-state index in [-0.39, 0.29) is 24.4 Å². The van der Waals surface area contributed by atoms with Gasteiger partial charge in [-0.1, -0.05) is 29.3 Å². The summed E-state index contributed by atoms with van der Waals surface area (Å²) in [4.78, 5) is 20.7. The molecule has 1 aromatic carbocycles. The van der Waals surface area contributed by atoms with Crippen molar-refractivity contribution in [2.24, 2.45) is 11.8 Å². The van der Waals surface area contributed by atoms with E-state index in [2.05, 4.69) is 15.3 Å². The number of ether oxygens (including phenoxy) is 1. The molecule has 3 atom stereocenters. The highest BCUT2D eigenvalue weighted by Gasteiger charge is 2.36. The van der Waals surface area contributed by atoms with E-state index in [0.717, 1.165) is 16.5 Å². The average molecular weight is 515 g/mol. The second-order valence-electron chi connectivity index (χ2n) is 7.47. The first kappa shape index (κ1) is 24.6. The summed E-state index contributed by atoms with van der Waals surface area (Å²) in [5.41, 5.74) is 1.65. The molecule has 3 aromatic rings. The minimum Gasteiger partial charge on any atom is -0.489 e. The van der Waals surface area contributed by atoms with Crippen LogP contribution in [0.15, 0.2) is 48.1 Å². The van der Waals surface area contributed by atoms with Crippen molar-refractivity contribution in [3.05, 3.63) is 63.8 Å². The Balaban J connectivity index is 0.00000289. The highest BCUT2D eigenvalue weighted by molar-refractivity contribution is 7.13.